The zero-order valence-electron chi connectivity index (χ0n) is 14.6. The van der Waals surface area contributed by atoms with Crippen LogP contribution >= 0.6 is 0 Å². The van der Waals surface area contributed by atoms with E-state index in [0.29, 0.717) is 18.7 Å². The molecule has 1 saturated carbocycles. The zero-order chi connectivity index (χ0) is 19.6. The van der Waals surface area contributed by atoms with Crippen molar-refractivity contribution in [3.05, 3.63) is 59.0 Å². The highest BCUT2D eigenvalue weighted by Gasteiger charge is 2.35. The third-order valence-electron chi connectivity index (χ3n) is 4.67. The number of pyridine rings is 1. The van der Waals surface area contributed by atoms with E-state index < -0.39 is 35.5 Å². The van der Waals surface area contributed by atoms with Crippen LogP contribution in [0.3, 0.4) is 0 Å². The first kappa shape index (κ1) is 19.2. The maximum absolute atomic E-state index is 13.3. The number of nitrogens with one attached hydrogen (secondary N) is 1. The Hall–Kier alpha value is -2.61. The first-order valence-electron chi connectivity index (χ1n) is 8.48. The topological polar surface area (TPSA) is 71.5 Å². The number of nitrogens with zero attached hydrogens (tertiary/aromatic N) is 1. The Morgan fingerprint density at radius 2 is 1.96 bits per heavy atom. The molecule has 0 aliphatic heterocycles. The van der Waals surface area contributed by atoms with Crippen LogP contribution in [0.1, 0.15) is 30.0 Å². The second-order valence-corrected chi connectivity index (χ2v) is 6.61. The molecular weight excluding hydrogens is 361 g/mol. The van der Waals surface area contributed by atoms with Crippen LogP contribution in [0.2, 0.25) is 0 Å². The number of hydrogen-bond donors (Lipinski definition) is 2. The van der Waals surface area contributed by atoms with Crippen molar-refractivity contribution in [1.29, 1.82) is 0 Å². The van der Waals surface area contributed by atoms with Gasteiger partial charge < -0.3 is 15.2 Å². The molecule has 2 aromatic rings. The van der Waals surface area contributed by atoms with Crippen molar-refractivity contribution in [2.45, 2.75) is 31.4 Å². The van der Waals surface area contributed by atoms with Crippen LogP contribution in [0.15, 0.2) is 30.5 Å². The quantitative estimate of drug-likeness (QED) is 0.756. The van der Waals surface area contributed by atoms with Gasteiger partial charge in [-0.05, 0) is 42.0 Å². The molecule has 8 heteroatoms. The van der Waals surface area contributed by atoms with Gasteiger partial charge in [-0.2, -0.15) is 0 Å². The highest BCUT2D eigenvalue weighted by molar-refractivity contribution is 5.79. The standard InChI is InChI=1S/C19H19F3N2O3/c1-27-17-3-2-11(9-23-17)19(12-7-13(25)8-12)24-16(26)6-10-4-14(20)18(22)15(21)5-10/h2-5,9,12-13,19,25H,6-8H2,1H3,(H,24,26)/t12?,13?,19-/m1/s1. The molecule has 3 rings (SSSR count). The number of ether oxygens (including phenoxy) is 1. The maximum atomic E-state index is 13.3. The molecule has 144 valence electrons. The van der Waals surface area contributed by atoms with Gasteiger partial charge in [-0.1, -0.05) is 6.07 Å². The number of halogens is 3. The van der Waals surface area contributed by atoms with Crippen LogP contribution in [0.25, 0.3) is 0 Å². The van der Waals surface area contributed by atoms with Crippen LogP contribution in [-0.2, 0) is 11.2 Å². The minimum absolute atomic E-state index is 0.0147. The molecule has 1 atom stereocenters. The minimum Gasteiger partial charge on any atom is -0.481 e. The van der Waals surface area contributed by atoms with E-state index in [0.717, 1.165) is 17.7 Å². The van der Waals surface area contributed by atoms with Crippen molar-refractivity contribution in [3.63, 3.8) is 0 Å². The molecular formula is C19H19F3N2O3. The number of hydrogen-bond acceptors (Lipinski definition) is 4. The first-order chi connectivity index (χ1) is 12.9. The lowest BCUT2D eigenvalue weighted by Crippen LogP contribution is -2.42. The van der Waals surface area contributed by atoms with Gasteiger partial charge in [0.25, 0.3) is 0 Å². The lowest BCUT2D eigenvalue weighted by atomic mass is 9.75. The molecule has 1 fully saturated rings. The summed E-state index contributed by atoms with van der Waals surface area (Å²) >= 11 is 0. The average Bonchev–Trinajstić information content (AvgIpc) is 2.62. The molecule has 1 aromatic heterocycles. The molecule has 5 nitrogen and oxygen atoms in total. The molecule has 0 unspecified atom stereocenters. The van der Waals surface area contributed by atoms with Crippen molar-refractivity contribution >= 4 is 5.91 Å². The maximum Gasteiger partial charge on any atom is 0.224 e. The summed E-state index contributed by atoms with van der Waals surface area (Å²) in [6, 6.07) is 4.62. The number of aliphatic hydroxyl groups excluding tert-OH is 1. The van der Waals surface area contributed by atoms with E-state index in [4.69, 9.17) is 4.74 Å². The Bertz CT molecular complexity index is 800. The largest absolute Gasteiger partial charge is 0.481 e. The molecule has 2 N–H and O–H groups in total. The van der Waals surface area contributed by atoms with Crippen molar-refractivity contribution < 1.29 is 27.8 Å². The van der Waals surface area contributed by atoms with Gasteiger partial charge in [0.1, 0.15) is 0 Å². The fourth-order valence-corrected chi connectivity index (χ4v) is 3.19. The van der Waals surface area contributed by atoms with E-state index in [1.807, 2.05) is 0 Å². The molecule has 1 aromatic carbocycles. The summed E-state index contributed by atoms with van der Waals surface area (Å²) in [7, 11) is 1.49. The van der Waals surface area contributed by atoms with E-state index in [1.54, 1.807) is 18.3 Å². The third-order valence-corrected chi connectivity index (χ3v) is 4.67. The molecule has 1 heterocycles. The van der Waals surface area contributed by atoms with Gasteiger partial charge >= 0.3 is 0 Å². The van der Waals surface area contributed by atoms with Gasteiger partial charge in [-0.15, -0.1) is 0 Å². The number of aliphatic hydroxyl groups is 1. The molecule has 1 aliphatic carbocycles. The summed E-state index contributed by atoms with van der Waals surface area (Å²) in [6.07, 6.45) is 1.91. The summed E-state index contributed by atoms with van der Waals surface area (Å²) in [5.41, 5.74) is 0.765. The highest BCUT2D eigenvalue weighted by atomic mass is 19.2. The number of benzene rings is 1. The summed E-state index contributed by atoms with van der Waals surface area (Å²) in [5.74, 6) is -4.27. The van der Waals surface area contributed by atoms with Crippen molar-refractivity contribution in [2.75, 3.05) is 7.11 Å². The molecule has 27 heavy (non-hydrogen) atoms. The van der Waals surface area contributed by atoms with Gasteiger partial charge in [0.15, 0.2) is 17.5 Å². The number of methoxy groups -OCH3 is 1. The molecule has 0 radical (unpaired) electrons. The van der Waals surface area contributed by atoms with Gasteiger partial charge in [0, 0.05) is 12.3 Å². The van der Waals surface area contributed by atoms with Crippen LogP contribution < -0.4 is 10.1 Å². The van der Waals surface area contributed by atoms with Gasteiger partial charge in [0.05, 0.1) is 25.7 Å². The first-order valence-corrected chi connectivity index (χ1v) is 8.48. The van der Waals surface area contributed by atoms with E-state index in [-0.39, 0.29) is 17.9 Å². The van der Waals surface area contributed by atoms with Gasteiger partial charge in [-0.3, -0.25) is 4.79 Å². The monoisotopic (exact) mass is 380 g/mol. The number of carbonyl (C=O) groups excluding carboxylic acids is 1. The van der Waals surface area contributed by atoms with Gasteiger partial charge in [-0.25, -0.2) is 18.2 Å². The predicted molar refractivity (Wildman–Crippen MR) is 90.4 cm³/mol. The normalized spacial score (nSPS) is 19.9. The lowest BCUT2D eigenvalue weighted by Gasteiger charge is -2.38. The third kappa shape index (κ3) is 4.39. The Morgan fingerprint density at radius 3 is 2.48 bits per heavy atom. The zero-order valence-corrected chi connectivity index (χ0v) is 14.6. The van der Waals surface area contributed by atoms with Crippen molar-refractivity contribution in [3.8, 4) is 5.88 Å². The minimum atomic E-state index is -1.57. The van der Waals surface area contributed by atoms with Crippen LogP contribution in [0.5, 0.6) is 5.88 Å². The number of carbonyl (C=O) groups is 1. The van der Waals surface area contributed by atoms with E-state index in [9.17, 15) is 23.1 Å². The van der Waals surface area contributed by atoms with Crippen molar-refractivity contribution in [1.82, 2.24) is 10.3 Å². The van der Waals surface area contributed by atoms with Crippen LogP contribution in [0, 0.1) is 23.4 Å². The molecule has 0 bridgehead atoms. The number of rotatable bonds is 6. The Labute approximate surface area is 154 Å². The number of amides is 1. The van der Waals surface area contributed by atoms with Gasteiger partial charge in [0.2, 0.25) is 11.8 Å². The van der Waals surface area contributed by atoms with E-state index in [2.05, 4.69) is 10.3 Å². The lowest BCUT2D eigenvalue weighted by molar-refractivity contribution is -0.122. The summed E-state index contributed by atoms with van der Waals surface area (Å²) in [5, 5.41) is 12.4. The SMILES string of the molecule is COc1ccc([C@@H](NC(=O)Cc2cc(F)c(F)c(F)c2)C2CC(O)C2)cn1. The molecule has 1 aliphatic rings. The Balaban J connectivity index is 1.74. The van der Waals surface area contributed by atoms with E-state index in [1.165, 1.54) is 7.11 Å². The average molecular weight is 380 g/mol. The Kier molecular flexibility index (Phi) is 5.65. The number of aromatic nitrogens is 1. The fourth-order valence-electron chi connectivity index (χ4n) is 3.19. The predicted octanol–water partition coefficient (Wildman–Crippen LogP) is 2.68. The van der Waals surface area contributed by atoms with Crippen molar-refractivity contribution in [2.24, 2.45) is 5.92 Å². The Morgan fingerprint density at radius 1 is 1.30 bits per heavy atom. The van der Waals surface area contributed by atoms with E-state index >= 15 is 0 Å². The van der Waals surface area contributed by atoms with Crippen LogP contribution in [-0.4, -0.2) is 29.2 Å². The second kappa shape index (κ2) is 7.96. The highest BCUT2D eigenvalue weighted by Crippen LogP contribution is 2.38. The molecule has 0 spiro atoms. The summed E-state index contributed by atoms with van der Waals surface area (Å²) in [6.45, 7) is 0. The molecule has 1 amide bonds. The van der Waals surface area contributed by atoms with Crippen LogP contribution in [0.4, 0.5) is 13.2 Å². The fraction of sp³-hybridized carbons (Fsp3) is 0.368. The molecule has 0 saturated heterocycles. The summed E-state index contributed by atoms with van der Waals surface area (Å²) in [4.78, 5) is 16.5. The smallest absolute Gasteiger partial charge is 0.224 e. The second-order valence-electron chi connectivity index (χ2n) is 6.61. The summed E-state index contributed by atoms with van der Waals surface area (Å²) < 4.78 is 44.7.